The van der Waals surface area contributed by atoms with E-state index in [0.717, 1.165) is 4.72 Å². The van der Waals surface area contributed by atoms with Crippen LogP contribution < -0.4 is 10.5 Å². The number of anilines is 1. The number of benzene rings is 1. The summed E-state index contributed by atoms with van der Waals surface area (Å²) in [6.07, 6.45) is 4.00. The Morgan fingerprint density at radius 2 is 1.94 bits per heavy atom. The Hall–Kier alpha value is -1.12. The molecule has 0 saturated carbocycles. The van der Waals surface area contributed by atoms with Crippen molar-refractivity contribution in [3.63, 3.8) is 0 Å². The van der Waals surface area contributed by atoms with E-state index in [-0.39, 0.29) is 27.3 Å². The molecule has 0 radical (unpaired) electrons. The molecule has 6 nitrogen and oxygen atoms in total. The van der Waals surface area contributed by atoms with Crippen LogP contribution in [0, 0.1) is 0 Å². The van der Waals surface area contributed by atoms with Gasteiger partial charge in [0, 0.05) is 11.9 Å². The fraction of sp³-hybridized carbons (Fsp3) is 0.100. The van der Waals surface area contributed by atoms with Crippen LogP contribution in [0.15, 0.2) is 46.4 Å². The number of aliphatic imine (C=N–C) groups is 1. The first-order valence-electron chi connectivity index (χ1n) is 4.92. The molecule has 1 aromatic rings. The first kappa shape index (κ1) is 14.9. The number of hydrogen-bond acceptors (Lipinski definition) is 4. The molecule has 8 heteroatoms. The molecule has 1 aromatic carbocycles. The Labute approximate surface area is 121 Å². The number of nitrogens with two attached hydrogens (primary N) is 2. The summed E-state index contributed by atoms with van der Waals surface area (Å²) in [4.78, 5) is 4.11. The molecule has 18 heavy (non-hydrogen) atoms. The van der Waals surface area contributed by atoms with Gasteiger partial charge in [-0.15, -0.1) is 0 Å². The fourth-order valence-electron chi connectivity index (χ4n) is 1.32. The van der Waals surface area contributed by atoms with Crippen molar-refractivity contribution in [2.24, 2.45) is 4.99 Å². The Morgan fingerprint density at radius 1 is 1.28 bits per heavy atom. The van der Waals surface area contributed by atoms with E-state index in [2.05, 4.69) is 10.3 Å². The average Bonchev–Trinajstić information content (AvgIpc) is 2.30. The SMILES string of the molecule is Nc1ccc(S(=O)(=O)[NH2+]C2N=CC=C[N-]2)cc1.[Ag+]. The van der Waals surface area contributed by atoms with E-state index >= 15 is 0 Å². The van der Waals surface area contributed by atoms with Gasteiger partial charge < -0.3 is 11.1 Å². The zero-order chi connectivity index (χ0) is 12.3. The van der Waals surface area contributed by atoms with Crippen molar-refractivity contribution in [1.82, 2.24) is 0 Å². The minimum absolute atomic E-state index is 0. The largest absolute Gasteiger partial charge is 1.00 e. The van der Waals surface area contributed by atoms with Crippen molar-refractivity contribution >= 4 is 21.9 Å². The van der Waals surface area contributed by atoms with Crippen LogP contribution in [-0.2, 0) is 32.4 Å². The molecule has 1 unspecified atom stereocenters. The predicted octanol–water partition coefficient (Wildman–Crippen LogP) is -0.226. The second-order valence-corrected chi connectivity index (χ2v) is 5.29. The van der Waals surface area contributed by atoms with Gasteiger partial charge in [-0.3, -0.25) is 4.99 Å². The van der Waals surface area contributed by atoms with Crippen LogP contribution in [0.4, 0.5) is 5.69 Å². The van der Waals surface area contributed by atoms with Crippen molar-refractivity contribution in [3.8, 4) is 0 Å². The van der Waals surface area contributed by atoms with E-state index in [4.69, 9.17) is 5.73 Å². The first-order chi connectivity index (χ1) is 8.08. The number of quaternary nitrogens is 1. The number of hydrogen-bond donors (Lipinski definition) is 2. The molecule has 1 aliphatic rings. The van der Waals surface area contributed by atoms with Gasteiger partial charge in [0.05, 0.1) is 0 Å². The van der Waals surface area contributed by atoms with Crippen LogP contribution in [0.25, 0.3) is 5.32 Å². The molecule has 1 aliphatic heterocycles. The van der Waals surface area contributed by atoms with E-state index in [0.29, 0.717) is 5.69 Å². The van der Waals surface area contributed by atoms with Crippen molar-refractivity contribution in [3.05, 3.63) is 41.9 Å². The summed E-state index contributed by atoms with van der Waals surface area (Å²) in [6, 6.07) is 6.01. The third kappa shape index (κ3) is 3.69. The Kier molecular flexibility index (Phi) is 5.12. The number of nitrogens with zero attached hydrogens (tertiary/aromatic N) is 2. The van der Waals surface area contributed by atoms with Gasteiger partial charge in [0.15, 0.2) is 0 Å². The van der Waals surface area contributed by atoms with E-state index in [1.165, 1.54) is 24.5 Å². The smallest absolute Gasteiger partial charge is 0.619 e. The molecule has 2 rings (SSSR count). The summed E-state index contributed by atoms with van der Waals surface area (Å²) in [5.74, 6) is 0. The summed E-state index contributed by atoms with van der Waals surface area (Å²) in [5.41, 5.74) is 6.02. The van der Waals surface area contributed by atoms with Crippen LogP contribution in [0.5, 0.6) is 0 Å². The van der Waals surface area contributed by atoms with Gasteiger partial charge in [0.25, 0.3) is 0 Å². The van der Waals surface area contributed by atoms with Gasteiger partial charge in [-0.05, 0) is 24.3 Å². The quantitative estimate of drug-likeness (QED) is 0.575. The molecule has 0 fully saturated rings. The molecule has 0 bridgehead atoms. The summed E-state index contributed by atoms with van der Waals surface area (Å²) < 4.78 is 25.0. The number of allylic oxidation sites excluding steroid dienone is 1. The van der Waals surface area contributed by atoms with Crippen LogP contribution in [0.3, 0.4) is 0 Å². The maximum atomic E-state index is 12.0. The summed E-state index contributed by atoms with van der Waals surface area (Å²) >= 11 is 0. The third-order valence-electron chi connectivity index (χ3n) is 2.16. The standard InChI is InChI=1S/C10H11N4O2S.Ag/c11-8-2-4-9(5-3-8)17(15,16)14-10-12-6-1-7-13-10;/h1-7,10,14H,11H2;/q-1;+1/p+1. The molecule has 0 saturated heterocycles. The van der Waals surface area contributed by atoms with Crippen molar-refractivity contribution in [2.45, 2.75) is 11.2 Å². The Bertz CT molecular complexity index is 554. The molecule has 100 valence electrons. The molecule has 0 spiro atoms. The molecule has 1 atom stereocenters. The molecule has 4 N–H and O–H groups in total. The average molecular weight is 360 g/mol. The number of sulfonamides is 1. The zero-order valence-electron chi connectivity index (χ0n) is 9.19. The monoisotopic (exact) mass is 359 g/mol. The van der Waals surface area contributed by atoms with E-state index in [1.54, 1.807) is 18.2 Å². The molecule has 0 aromatic heterocycles. The minimum atomic E-state index is -3.50. The van der Waals surface area contributed by atoms with Gasteiger partial charge in [0.1, 0.15) is 11.2 Å². The van der Waals surface area contributed by atoms with E-state index in [9.17, 15) is 8.42 Å². The van der Waals surface area contributed by atoms with Crippen LogP contribution in [0.2, 0.25) is 0 Å². The topological polar surface area (TPSA) is 103 Å². The van der Waals surface area contributed by atoms with Crippen LogP contribution in [0.1, 0.15) is 0 Å². The third-order valence-corrected chi connectivity index (χ3v) is 3.69. The Balaban J connectivity index is 0.00000162. The second kappa shape index (κ2) is 6.17. The van der Waals surface area contributed by atoms with E-state index in [1.807, 2.05) is 0 Å². The number of primary sulfonamides is 1. The van der Waals surface area contributed by atoms with Crippen molar-refractivity contribution in [2.75, 3.05) is 5.73 Å². The van der Waals surface area contributed by atoms with Gasteiger partial charge in [-0.25, -0.2) is 4.72 Å². The second-order valence-electron chi connectivity index (χ2n) is 3.45. The molecular weight excluding hydrogens is 348 g/mol. The van der Waals surface area contributed by atoms with Crippen molar-refractivity contribution < 1.29 is 35.5 Å². The zero-order valence-corrected chi connectivity index (χ0v) is 11.5. The predicted molar refractivity (Wildman–Crippen MR) is 64.7 cm³/mol. The van der Waals surface area contributed by atoms with Gasteiger partial charge in [0.2, 0.25) is 0 Å². The molecule has 0 amide bonds. The molecular formula is C10H12AgN4O2S+. The molecule has 0 aliphatic carbocycles. The van der Waals surface area contributed by atoms with Gasteiger partial charge >= 0.3 is 32.4 Å². The Morgan fingerprint density at radius 3 is 2.50 bits per heavy atom. The number of rotatable bonds is 3. The molecule has 1 heterocycles. The summed E-state index contributed by atoms with van der Waals surface area (Å²) in [7, 11) is -3.50. The summed E-state index contributed by atoms with van der Waals surface area (Å²) in [5, 5.41) is 3.92. The minimum Gasteiger partial charge on any atom is -0.619 e. The maximum absolute atomic E-state index is 12.0. The maximum Gasteiger partial charge on any atom is 1.00 e. The van der Waals surface area contributed by atoms with Crippen LogP contribution >= 0.6 is 0 Å². The van der Waals surface area contributed by atoms with E-state index < -0.39 is 16.3 Å². The summed E-state index contributed by atoms with van der Waals surface area (Å²) in [6.45, 7) is 0. The fourth-order valence-corrected chi connectivity index (χ4v) is 2.45. The van der Waals surface area contributed by atoms with Gasteiger partial charge in [-0.2, -0.15) is 14.6 Å². The number of nitrogen functional groups attached to an aromatic ring is 1. The van der Waals surface area contributed by atoms with Crippen molar-refractivity contribution in [1.29, 1.82) is 0 Å². The normalized spacial score (nSPS) is 17.9. The first-order valence-corrected chi connectivity index (χ1v) is 6.46. The van der Waals surface area contributed by atoms with Gasteiger partial charge in [-0.1, -0.05) is 6.08 Å². The van der Waals surface area contributed by atoms with Crippen LogP contribution in [-0.4, -0.2) is 20.9 Å².